The zero-order chi connectivity index (χ0) is 13.8. The number of nitrogens with zero attached hydrogens (tertiary/aromatic N) is 1. The first-order valence-corrected chi connectivity index (χ1v) is 6.81. The van der Waals surface area contributed by atoms with Gasteiger partial charge in [0.15, 0.2) is 0 Å². The topological polar surface area (TPSA) is 80.0 Å². The standard InChI is InChI=1S/C12H13ClN4OS/c1-7-16-9(6-19-7)5-15-12(18)10-4-8(13)2-3-11(10)17-14/h2-4,6,17H,5,14H2,1H3,(H,15,18). The van der Waals surface area contributed by atoms with Crippen LogP contribution in [0, 0.1) is 6.92 Å². The third-order valence-corrected chi connectivity index (χ3v) is 3.54. The molecule has 0 aliphatic rings. The maximum absolute atomic E-state index is 12.1. The molecule has 100 valence electrons. The van der Waals surface area contributed by atoms with Gasteiger partial charge in [-0.1, -0.05) is 11.6 Å². The van der Waals surface area contributed by atoms with Crippen molar-refractivity contribution in [2.45, 2.75) is 13.5 Å². The Morgan fingerprint density at radius 1 is 1.53 bits per heavy atom. The Bertz CT molecular complexity index is 599. The van der Waals surface area contributed by atoms with E-state index < -0.39 is 0 Å². The Labute approximate surface area is 119 Å². The molecule has 0 radical (unpaired) electrons. The molecule has 5 nitrogen and oxygen atoms in total. The van der Waals surface area contributed by atoms with E-state index in [0.29, 0.717) is 22.8 Å². The van der Waals surface area contributed by atoms with Crippen molar-refractivity contribution in [1.82, 2.24) is 10.3 Å². The van der Waals surface area contributed by atoms with Gasteiger partial charge in [-0.05, 0) is 25.1 Å². The number of anilines is 1. The summed E-state index contributed by atoms with van der Waals surface area (Å²) >= 11 is 7.43. The summed E-state index contributed by atoms with van der Waals surface area (Å²) in [6.07, 6.45) is 0. The highest BCUT2D eigenvalue weighted by Crippen LogP contribution is 2.20. The lowest BCUT2D eigenvalue weighted by Gasteiger charge is -2.09. The van der Waals surface area contributed by atoms with E-state index in [0.717, 1.165) is 10.7 Å². The molecule has 0 aliphatic carbocycles. The number of carbonyl (C=O) groups excluding carboxylic acids is 1. The molecule has 1 aromatic carbocycles. The molecule has 7 heteroatoms. The molecule has 0 atom stereocenters. The smallest absolute Gasteiger partial charge is 0.253 e. The normalized spacial score (nSPS) is 10.3. The van der Waals surface area contributed by atoms with Crippen molar-refractivity contribution in [3.63, 3.8) is 0 Å². The van der Waals surface area contributed by atoms with E-state index >= 15 is 0 Å². The summed E-state index contributed by atoms with van der Waals surface area (Å²) in [6.45, 7) is 2.29. The Kier molecular flexibility index (Phi) is 4.36. The summed E-state index contributed by atoms with van der Waals surface area (Å²) in [5.41, 5.74) is 4.24. The minimum atomic E-state index is -0.249. The lowest BCUT2D eigenvalue weighted by molar-refractivity contribution is 0.0951. The molecule has 0 saturated heterocycles. The highest BCUT2D eigenvalue weighted by Gasteiger charge is 2.12. The molecule has 0 aliphatic heterocycles. The molecule has 1 heterocycles. The van der Waals surface area contributed by atoms with Crippen LogP contribution in [0.4, 0.5) is 5.69 Å². The van der Waals surface area contributed by atoms with Crippen LogP contribution in [0.3, 0.4) is 0 Å². The summed E-state index contributed by atoms with van der Waals surface area (Å²) in [4.78, 5) is 16.3. The average Bonchev–Trinajstić information content (AvgIpc) is 2.81. The van der Waals surface area contributed by atoms with Crippen molar-refractivity contribution < 1.29 is 4.79 Å². The summed E-state index contributed by atoms with van der Waals surface area (Å²) in [5.74, 6) is 5.12. The maximum atomic E-state index is 12.1. The van der Waals surface area contributed by atoms with Crippen molar-refractivity contribution >= 4 is 34.5 Å². The first-order chi connectivity index (χ1) is 9.10. The number of hydrazine groups is 1. The Balaban J connectivity index is 2.09. The number of aromatic nitrogens is 1. The molecular formula is C12H13ClN4OS. The summed E-state index contributed by atoms with van der Waals surface area (Å²) in [5, 5.41) is 6.14. The fourth-order valence-electron chi connectivity index (χ4n) is 1.59. The van der Waals surface area contributed by atoms with Crippen molar-refractivity contribution in [3.8, 4) is 0 Å². The van der Waals surface area contributed by atoms with Crippen LogP contribution >= 0.6 is 22.9 Å². The minimum Gasteiger partial charge on any atom is -0.346 e. The summed E-state index contributed by atoms with van der Waals surface area (Å²) < 4.78 is 0. The van der Waals surface area contributed by atoms with E-state index in [1.807, 2.05) is 12.3 Å². The molecular weight excluding hydrogens is 284 g/mol. The SMILES string of the molecule is Cc1nc(CNC(=O)c2cc(Cl)ccc2NN)cs1. The van der Waals surface area contributed by atoms with Gasteiger partial charge in [-0.25, -0.2) is 4.98 Å². The van der Waals surface area contributed by atoms with Gasteiger partial charge < -0.3 is 10.7 Å². The fraction of sp³-hybridized carbons (Fsp3) is 0.167. The zero-order valence-corrected chi connectivity index (χ0v) is 11.8. The number of benzene rings is 1. The van der Waals surface area contributed by atoms with Crippen LogP contribution in [-0.2, 0) is 6.54 Å². The highest BCUT2D eigenvalue weighted by atomic mass is 35.5. The van der Waals surface area contributed by atoms with Gasteiger partial charge in [0.1, 0.15) is 0 Å². The van der Waals surface area contributed by atoms with Crippen molar-refractivity contribution in [2.24, 2.45) is 5.84 Å². The van der Waals surface area contributed by atoms with Crippen LogP contribution in [0.5, 0.6) is 0 Å². The first kappa shape index (κ1) is 13.8. The number of thiazole rings is 1. The van der Waals surface area contributed by atoms with Gasteiger partial charge >= 0.3 is 0 Å². The molecule has 0 unspecified atom stereocenters. The second kappa shape index (κ2) is 6.01. The maximum Gasteiger partial charge on any atom is 0.253 e. The van der Waals surface area contributed by atoms with E-state index in [9.17, 15) is 4.79 Å². The lowest BCUT2D eigenvalue weighted by atomic mass is 10.1. The lowest BCUT2D eigenvalue weighted by Crippen LogP contribution is -2.25. The van der Waals surface area contributed by atoms with E-state index in [1.54, 1.807) is 29.5 Å². The van der Waals surface area contributed by atoms with Crippen LogP contribution < -0.4 is 16.6 Å². The Hall–Kier alpha value is -1.63. The molecule has 2 rings (SSSR count). The van der Waals surface area contributed by atoms with E-state index in [1.165, 1.54) is 0 Å². The molecule has 2 aromatic rings. The average molecular weight is 297 g/mol. The zero-order valence-electron chi connectivity index (χ0n) is 10.2. The van der Waals surface area contributed by atoms with Gasteiger partial charge in [0, 0.05) is 10.4 Å². The van der Waals surface area contributed by atoms with E-state index in [4.69, 9.17) is 17.4 Å². The van der Waals surface area contributed by atoms with Gasteiger partial charge in [0.25, 0.3) is 5.91 Å². The molecule has 1 aromatic heterocycles. The van der Waals surface area contributed by atoms with Gasteiger partial charge in [-0.2, -0.15) is 0 Å². The van der Waals surface area contributed by atoms with E-state index in [2.05, 4.69) is 15.7 Å². The Morgan fingerprint density at radius 2 is 2.32 bits per heavy atom. The number of halogens is 1. The first-order valence-electron chi connectivity index (χ1n) is 5.55. The quantitative estimate of drug-likeness (QED) is 0.597. The van der Waals surface area contributed by atoms with Gasteiger partial charge in [-0.15, -0.1) is 11.3 Å². The number of aryl methyl sites for hydroxylation is 1. The number of hydrogen-bond donors (Lipinski definition) is 3. The second-order valence-electron chi connectivity index (χ2n) is 3.87. The summed E-state index contributed by atoms with van der Waals surface area (Å²) in [7, 11) is 0. The largest absolute Gasteiger partial charge is 0.346 e. The summed E-state index contributed by atoms with van der Waals surface area (Å²) in [6, 6.07) is 4.89. The molecule has 1 amide bonds. The molecule has 0 spiro atoms. The number of rotatable bonds is 4. The van der Waals surface area contributed by atoms with Gasteiger partial charge in [0.05, 0.1) is 28.5 Å². The third kappa shape index (κ3) is 3.44. The van der Waals surface area contributed by atoms with Crippen LogP contribution in [-0.4, -0.2) is 10.9 Å². The van der Waals surface area contributed by atoms with Gasteiger partial charge in [-0.3, -0.25) is 10.6 Å². The molecule has 19 heavy (non-hydrogen) atoms. The predicted molar refractivity (Wildman–Crippen MR) is 77.3 cm³/mol. The minimum absolute atomic E-state index is 0.249. The predicted octanol–water partition coefficient (Wildman–Crippen LogP) is 2.32. The number of nitrogens with two attached hydrogens (primary N) is 1. The second-order valence-corrected chi connectivity index (χ2v) is 5.37. The number of nitrogens with one attached hydrogen (secondary N) is 2. The van der Waals surface area contributed by atoms with Crippen LogP contribution in [0.1, 0.15) is 21.1 Å². The fourth-order valence-corrected chi connectivity index (χ4v) is 2.37. The van der Waals surface area contributed by atoms with Crippen LogP contribution in [0.15, 0.2) is 23.6 Å². The Morgan fingerprint density at radius 3 is 2.95 bits per heavy atom. The number of hydrogen-bond acceptors (Lipinski definition) is 5. The van der Waals surface area contributed by atoms with Crippen LogP contribution in [0.2, 0.25) is 5.02 Å². The number of carbonyl (C=O) groups is 1. The number of amides is 1. The van der Waals surface area contributed by atoms with E-state index in [-0.39, 0.29) is 5.91 Å². The van der Waals surface area contributed by atoms with Crippen LogP contribution in [0.25, 0.3) is 0 Å². The van der Waals surface area contributed by atoms with Crippen molar-refractivity contribution in [2.75, 3.05) is 5.43 Å². The molecule has 0 fully saturated rings. The van der Waals surface area contributed by atoms with Crippen molar-refractivity contribution in [3.05, 3.63) is 44.9 Å². The molecule has 0 saturated carbocycles. The van der Waals surface area contributed by atoms with Crippen molar-refractivity contribution in [1.29, 1.82) is 0 Å². The molecule has 4 N–H and O–H groups in total. The number of nitrogen functional groups attached to an aromatic ring is 1. The third-order valence-electron chi connectivity index (χ3n) is 2.48. The monoisotopic (exact) mass is 296 g/mol. The van der Waals surface area contributed by atoms with Gasteiger partial charge in [0.2, 0.25) is 0 Å². The highest BCUT2D eigenvalue weighted by molar-refractivity contribution is 7.09. The molecule has 0 bridgehead atoms.